The molecule has 0 spiro atoms. The van der Waals surface area contributed by atoms with E-state index in [1.807, 2.05) is 30.3 Å². The average Bonchev–Trinajstić information content (AvgIpc) is 3.16. The molecular weight excluding hydrogens is 492 g/mol. The van der Waals surface area contributed by atoms with Crippen LogP contribution in [0.4, 0.5) is 11.5 Å². The third kappa shape index (κ3) is 4.34. The number of amides is 2. The van der Waals surface area contributed by atoms with Crippen molar-refractivity contribution >= 4 is 44.1 Å². The van der Waals surface area contributed by atoms with Crippen molar-refractivity contribution in [2.75, 3.05) is 17.3 Å². The predicted octanol–water partition coefficient (Wildman–Crippen LogP) is 3.08. The Morgan fingerprint density at radius 1 is 1.05 bits per heavy atom. The first-order chi connectivity index (χ1) is 17.9. The van der Waals surface area contributed by atoms with Crippen LogP contribution in [0.15, 0.2) is 71.8 Å². The Morgan fingerprint density at radius 2 is 1.92 bits per heavy atom. The first-order valence-corrected chi connectivity index (χ1v) is 13.4. The molecule has 4 heterocycles. The number of hydrogen-bond donors (Lipinski definition) is 1. The minimum absolute atomic E-state index is 0.0380. The number of pyridine rings is 2. The molecule has 0 radical (unpaired) electrons. The number of fused-ring (bicyclic) bond motifs is 3. The fraction of sp³-hybridized carbons (Fsp3) is 0.185. The van der Waals surface area contributed by atoms with Crippen LogP contribution >= 0.6 is 0 Å². The predicted molar refractivity (Wildman–Crippen MR) is 136 cm³/mol. The van der Waals surface area contributed by atoms with Gasteiger partial charge in [0.25, 0.3) is 5.91 Å². The van der Waals surface area contributed by atoms with Gasteiger partial charge in [0.1, 0.15) is 5.82 Å². The molecule has 0 bridgehead atoms. The topological polar surface area (TPSA) is 119 Å². The second-order valence-electron chi connectivity index (χ2n) is 8.95. The normalized spacial score (nSPS) is 16.2. The minimum Gasteiger partial charge on any atom is -0.376 e. The highest BCUT2D eigenvalue weighted by Crippen LogP contribution is 2.34. The van der Waals surface area contributed by atoms with Gasteiger partial charge in [0, 0.05) is 17.1 Å². The van der Waals surface area contributed by atoms with E-state index in [1.165, 1.54) is 6.07 Å². The van der Waals surface area contributed by atoms with Crippen molar-refractivity contribution in [3.63, 3.8) is 0 Å². The van der Waals surface area contributed by atoms with Gasteiger partial charge >= 0.3 is 0 Å². The Morgan fingerprint density at radius 3 is 2.81 bits per heavy atom. The monoisotopic (exact) mass is 514 g/mol. The van der Waals surface area contributed by atoms with Crippen LogP contribution in [0, 0.1) is 0 Å². The van der Waals surface area contributed by atoms with Crippen LogP contribution in [0.3, 0.4) is 0 Å². The zero-order chi connectivity index (χ0) is 25.6. The number of anilines is 2. The van der Waals surface area contributed by atoms with E-state index in [0.717, 1.165) is 16.6 Å². The van der Waals surface area contributed by atoms with Crippen molar-refractivity contribution in [3.8, 4) is 0 Å². The molecule has 2 aromatic heterocycles. The van der Waals surface area contributed by atoms with Gasteiger partial charge in [-0.2, -0.15) is 0 Å². The number of carbonyl (C=O) groups is 2. The van der Waals surface area contributed by atoms with E-state index in [2.05, 4.69) is 10.3 Å². The molecule has 6 rings (SSSR count). The Balaban J connectivity index is 1.23. The second kappa shape index (κ2) is 9.06. The molecule has 2 aliphatic heterocycles. The Kier molecular flexibility index (Phi) is 5.69. The summed E-state index contributed by atoms with van der Waals surface area (Å²) in [7, 11) is -3.51. The molecule has 186 valence electrons. The number of ether oxygens (including phenoxy) is 1. The molecule has 2 amide bonds. The lowest BCUT2D eigenvalue weighted by Crippen LogP contribution is -2.24. The van der Waals surface area contributed by atoms with E-state index in [0.29, 0.717) is 29.0 Å². The largest absolute Gasteiger partial charge is 0.376 e. The molecule has 10 heteroatoms. The van der Waals surface area contributed by atoms with Crippen LogP contribution in [0.2, 0.25) is 0 Å². The molecule has 4 aromatic rings. The number of rotatable bonds is 4. The van der Waals surface area contributed by atoms with Gasteiger partial charge in [-0.15, -0.1) is 0 Å². The molecule has 0 fully saturated rings. The Labute approximate surface area is 213 Å². The molecule has 2 aliphatic rings. The first-order valence-electron chi connectivity index (χ1n) is 11.8. The third-order valence-corrected chi connectivity index (χ3v) is 8.27. The van der Waals surface area contributed by atoms with E-state index >= 15 is 0 Å². The lowest BCUT2D eigenvalue weighted by atomic mass is 10.1. The van der Waals surface area contributed by atoms with Crippen molar-refractivity contribution < 1.29 is 22.7 Å². The van der Waals surface area contributed by atoms with Crippen LogP contribution in [-0.2, 0) is 38.9 Å². The van der Waals surface area contributed by atoms with E-state index in [1.54, 1.807) is 35.4 Å². The van der Waals surface area contributed by atoms with Crippen molar-refractivity contribution in [1.82, 2.24) is 15.3 Å². The standard InChI is InChI=1S/C27H22N4O5S/c32-26-12-17-3-1-2-4-23(17)31(26)25-8-7-19-14-28-21(13-22(19)30-25)15-29-27(33)18-5-6-20-16-36-9-10-37(34,35)24(20)11-18/h1-8,11,13-14H,9-10,12,15-16H2,(H,29,33). The summed E-state index contributed by atoms with van der Waals surface area (Å²) < 4.78 is 30.4. The Bertz CT molecular complexity index is 1690. The highest BCUT2D eigenvalue weighted by Gasteiger charge is 2.29. The summed E-state index contributed by atoms with van der Waals surface area (Å²) in [5.41, 5.74) is 3.81. The molecular formula is C27H22N4O5S. The smallest absolute Gasteiger partial charge is 0.251 e. The van der Waals surface area contributed by atoms with Crippen LogP contribution in [0.25, 0.3) is 10.9 Å². The number of hydrogen-bond acceptors (Lipinski definition) is 7. The van der Waals surface area contributed by atoms with Crippen molar-refractivity contribution in [2.45, 2.75) is 24.5 Å². The molecule has 2 aromatic carbocycles. The number of nitrogens with zero attached hydrogens (tertiary/aromatic N) is 3. The van der Waals surface area contributed by atoms with Crippen molar-refractivity contribution in [2.24, 2.45) is 0 Å². The first kappa shape index (κ1) is 23.3. The third-order valence-electron chi connectivity index (χ3n) is 6.52. The van der Waals surface area contributed by atoms with Gasteiger partial charge in [-0.1, -0.05) is 24.3 Å². The maximum absolute atomic E-state index is 12.8. The maximum Gasteiger partial charge on any atom is 0.251 e. The second-order valence-corrected chi connectivity index (χ2v) is 11.0. The van der Waals surface area contributed by atoms with Crippen molar-refractivity contribution in [3.05, 3.63) is 89.2 Å². The quantitative estimate of drug-likeness (QED) is 0.445. The number of benzene rings is 2. The van der Waals surface area contributed by atoms with Crippen LogP contribution in [-0.4, -0.2) is 42.6 Å². The number of sulfone groups is 1. The molecule has 0 saturated carbocycles. The SMILES string of the molecule is O=C(NCc1cc2nc(N3C(=O)Cc4ccccc43)ccc2cn1)c1ccc2c(c1)S(=O)(=O)CCOC2. The van der Waals surface area contributed by atoms with Gasteiger partial charge in [0.05, 0.1) is 53.7 Å². The van der Waals surface area contributed by atoms with Crippen LogP contribution in [0.1, 0.15) is 27.2 Å². The highest BCUT2D eigenvalue weighted by atomic mass is 32.2. The molecule has 37 heavy (non-hydrogen) atoms. The van der Waals surface area contributed by atoms with Gasteiger partial charge in [-0.25, -0.2) is 13.4 Å². The molecule has 0 aliphatic carbocycles. The van der Waals surface area contributed by atoms with E-state index in [-0.39, 0.29) is 41.9 Å². The summed E-state index contributed by atoms with van der Waals surface area (Å²) in [5, 5.41) is 3.60. The maximum atomic E-state index is 12.8. The molecule has 0 saturated heterocycles. The highest BCUT2D eigenvalue weighted by molar-refractivity contribution is 7.91. The fourth-order valence-corrected chi connectivity index (χ4v) is 6.00. The summed E-state index contributed by atoms with van der Waals surface area (Å²) in [5.74, 6) is -0.0378. The number of aromatic nitrogens is 2. The number of nitrogens with one attached hydrogen (secondary N) is 1. The van der Waals surface area contributed by atoms with E-state index in [4.69, 9.17) is 9.72 Å². The average molecular weight is 515 g/mol. The van der Waals surface area contributed by atoms with Gasteiger partial charge in [-0.3, -0.25) is 19.5 Å². The summed E-state index contributed by atoms with van der Waals surface area (Å²) in [6.45, 7) is 0.445. The van der Waals surface area contributed by atoms with E-state index < -0.39 is 15.7 Å². The van der Waals surface area contributed by atoms with Crippen LogP contribution < -0.4 is 10.2 Å². The zero-order valence-electron chi connectivity index (χ0n) is 19.7. The molecule has 9 nitrogen and oxygen atoms in total. The lowest BCUT2D eigenvalue weighted by Gasteiger charge is -2.17. The van der Waals surface area contributed by atoms with Gasteiger partial charge in [0.15, 0.2) is 9.84 Å². The van der Waals surface area contributed by atoms with Gasteiger partial charge in [0.2, 0.25) is 5.91 Å². The van der Waals surface area contributed by atoms with Gasteiger partial charge < -0.3 is 10.1 Å². The molecule has 1 N–H and O–H groups in total. The summed E-state index contributed by atoms with van der Waals surface area (Å²) in [4.78, 5) is 36.4. The zero-order valence-corrected chi connectivity index (χ0v) is 20.5. The summed E-state index contributed by atoms with van der Waals surface area (Å²) in [6, 6.07) is 17.7. The number of para-hydroxylation sites is 1. The van der Waals surface area contributed by atoms with E-state index in [9.17, 15) is 18.0 Å². The summed E-state index contributed by atoms with van der Waals surface area (Å²) >= 11 is 0. The van der Waals surface area contributed by atoms with Crippen LogP contribution in [0.5, 0.6) is 0 Å². The Hall–Kier alpha value is -4.15. The fourth-order valence-electron chi connectivity index (χ4n) is 4.61. The summed E-state index contributed by atoms with van der Waals surface area (Å²) in [6.07, 6.45) is 2.00. The van der Waals surface area contributed by atoms with Gasteiger partial charge in [-0.05, 0) is 47.5 Å². The molecule has 0 atom stereocenters. The molecule has 0 unspecified atom stereocenters. The van der Waals surface area contributed by atoms with Crippen molar-refractivity contribution in [1.29, 1.82) is 0 Å². The minimum atomic E-state index is -3.51. The number of carbonyl (C=O) groups excluding carboxylic acids is 2. The lowest BCUT2D eigenvalue weighted by molar-refractivity contribution is -0.116.